The van der Waals surface area contributed by atoms with Crippen molar-refractivity contribution in [3.8, 4) is 0 Å². The fraction of sp³-hybridized carbons (Fsp3) is 0.385. The van der Waals surface area contributed by atoms with Crippen LogP contribution >= 0.6 is 0 Å². The Kier molecular flexibility index (Phi) is 2.78. The number of hydrogen-bond donors (Lipinski definition) is 1. The lowest BCUT2D eigenvalue weighted by molar-refractivity contribution is 0.370. The van der Waals surface area contributed by atoms with Crippen LogP contribution < -0.4 is 5.73 Å². The average Bonchev–Trinajstić information content (AvgIpc) is 2.23. The van der Waals surface area contributed by atoms with Gasteiger partial charge in [-0.05, 0) is 43.2 Å². The number of aryl methyl sites for hydroxylation is 1. The van der Waals surface area contributed by atoms with E-state index in [0.717, 1.165) is 30.8 Å². The van der Waals surface area contributed by atoms with E-state index in [-0.39, 0.29) is 0 Å². The lowest BCUT2D eigenvalue weighted by atomic mass is 9.98. The molecule has 1 aliphatic heterocycles. The van der Waals surface area contributed by atoms with E-state index in [9.17, 15) is 0 Å². The number of nitrogen functional groups attached to an aromatic ring is 1. The molecular formula is C13H18N2. The number of rotatable bonds is 1. The molecule has 0 spiro atoms. The first-order valence-electron chi connectivity index (χ1n) is 5.41. The summed E-state index contributed by atoms with van der Waals surface area (Å²) >= 11 is 0. The summed E-state index contributed by atoms with van der Waals surface area (Å²) in [6.07, 6.45) is 3.42. The molecule has 0 amide bonds. The minimum atomic E-state index is 0.896. The largest absolute Gasteiger partial charge is 0.398 e. The predicted octanol–water partition coefficient (Wildman–Crippen LogP) is 2.30. The van der Waals surface area contributed by atoms with Gasteiger partial charge in [-0.2, -0.15) is 0 Å². The van der Waals surface area contributed by atoms with Crippen molar-refractivity contribution in [1.82, 2.24) is 4.90 Å². The number of nitrogens with two attached hydrogens (primary N) is 1. The molecule has 0 atom stereocenters. The molecule has 1 aromatic rings. The number of likely N-dealkylation sites (N-methyl/N-ethyl adjacent to an activating group) is 1. The van der Waals surface area contributed by atoms with E-state index in [1.807, 2.05) is 6.92 Å². The second kappa shape index (κ2) is 4.07. The molecule has 0 bridgehead atoms. The van der Waals surface area contributed by atoms with E-state index in [1.54, 1.807) is 0 Å². The highest BCUT2D eigenvalue weighted by Gasteiger charge is 2.09. The Labute approximate surface area is 91.4 Å². The summed E-state index contributed by atoms with van der Waals surface area (Å²) in [4.78, 5) is 2.32. The van der Waals surface area contributed by atoms with Gasteiger partial charge in [-0.25, -0.2) is 0 Å². The molecule has 1 aromatic carbocycles. The summed E-state index contributed by atoms with van der Waals surface area (Å²) in [5.74, 6) is 0. The summed E-state index contributed by atoms with van der Waals surface area (Å²) in [5, 5.41) is 0. The van der Waals surface area contributed by atoms with Gasteiger partial charge in [-0.1, -0.05) is 18.2 Å². The predicted molar refractivity (Wildman–Crippen MR) is 65.7 cm³/mol. The Morgan fingerprint density at radius 3 is 2.73 bits per heavy atom. The molecule has 0 radical (unpaired) electrons. The van der Waals surface area contributed by atoms with Crippen LogP contribution in [0.5, 0.6) is 0 Å². The van der Waals surface area contributed by atoms with Crippen molar-refractivity contribution in [2.75, 3.05) is 25.9 Å². The van der Waals surface area contributed by atoms with Crippen molar-refractivity contribution in [3.05, 3.63) is 35.4 Å². The third-order valence-corrected chi connectivity index (χ3v) is 3.06. The minimum absolute atomic E-state index is 0.896. The molecule has 1 aliphatic rings. The van der Waals surface area contributed by atoms with Crippen molar-refractivity contribution in [1.29, 1.82) is 0 Å². The zero-order valence-electron chi connectivity index (χ0n) is 9.46. The van der Waals surface area contributed by atoms with Crippen LogP contribution in [0.3, 0.4) is 0 Å². The zero-order valence-corrected chi connectivity index (χ0v) is 9.46. The highest BCUT2D eigenvalue weighted by Crippen LogP contribution is 2.24. The highest BCUT2D eigenvalue weighted by atomic mass is 15.1. The second-order valence-electron chi connectivity index (χ2n) is 4.31. The maximum atomic E-state index is 5.92. The van der Waals surface area contributed by atoms with Gasteiger partial charge in [0.1, 0.15) is 0 Å². The van der Waals surface area contributed by atoms with Crippen LogP contribution in [0.1, 0.15) is 17.5 Å². The van der Waals surface area contributed by atoms with E-state index in [4.69, 9.17) is 5.73 Å². The molecule has 0 saturated carbocycles. The normalized spacial score (nSPS) is 17.6. The van der Waals surface area contributed by atoms with Crippen LogP contribution in [0.25, 0.3) is 5.57 Å². The number of anilines is 1. The topological polar surface area (TPSA) is 29.3 Å². The molecule has 2 rings (SSSR count). The summed E-state index contributed by atoms with van der Waals surface area (Å²) in [6.45, 7) is 4.23. The van der Waals surface area contributed by atoms with Crippen LogP contribution in [0.4, 0.5) is 5.69 Å². The standard InChI is InChI=1S/C13H18N2/c1-10-3-4-12(9-13(10)14)11-5-7-15(2)8-6-11/h3-5,9H,6-8,14H2,1-2H3. The molecule has 80 valence electrons. The van der Waals surface area contributed by atoms with E-state index < -0.39 is 0 Å². The van der Waals surface area contributed by atoms with Crippen molar-refractivity contribution >= 4 is 11.3 Å². The molecule has 2 heteroatoms. The number of nitrogens with zero attached hydrogens (tertiary/aromatic N) is 1. The van der Waals surface area contributed by atoms with E-state index in [2.05, 4.69) is 36.2 Å². The van der Waals surface area contributed by atoms with Gasteiger partial charge >= 0.3 is 0 Å². The summed E-state index contributed by atoms with van der Waals surface area (Å²) in [7, 11) is 2.15. The van der Waals surface area contributed by atoms with Gasteiger partial charge in [0.05, 0.1) is 0 Å². The highest BCUT2D eigenvalue weighted by molar-refractivity contribution is 5.70. The van der Waals surface area contributed by atoms with Gasteiger partial charge in [0.25, 0.3) is 0 Å². The maximum Gasteiger partial charge on any atom is 0.0349 e. The molecule has 0 unspecified atom stereocenters. The van der Waals surface area contributed by atoms with Gasteiger partial charge in [0, 0.05) is 18.8 Å². The van der Waals surface area contributed by atoms with Crippen molar-refractivity contribution in [3.63, 3.8) is 0 Å². The Morgan fingerprint density at radius 2 is 2.13 bits per heavy atom. The van der Waals surface area contributed by atoms with Crippen molar-refractivity contribution in [2.45, 2.75) is 13.3 Å². The molecule has 2 N–H and O–H groups in total. The number of benzene rings is 1. The first-order chi connectivity index (χ1) is 7.16. The monoisotopic (exact) mass is 202 g/mol. The Morgan fingerprint density at radius 1 is 1.33 bits per heavy atom. The second-order valence-corrected chi connectivity index (χ2v) is 4.31. The third kappa shape index (κ3) is 2.21. The first kappa shape index (κ1) is 10.2. The van der Waals surface area contributed by atoms with Crippen LogP contribution in [-0.2, 0) is 0 Å². The summed E-state index contributed by atoms with van der Waals surface area (Å²) in [5.41, 5.74) is 10.7. The molecule has 15 heavy (non-hydrogen) atoms. The lowest BCUT2D eigenvalue weighted by Gasteiger charge is -2.22. The van der Waals surface area contributed by atoms with Gasteiger partial charge in [0.15, 0.2) is 0 Å². The fourth-order valence-corrected chi connectivity index (χ4v) is 1.87. The van der Waals surface area contributed by atoms with Crippen LogP contribution in [0.15, 0.2) is 24.3 Å². The van der Waals surface area contributed by atoms with E-state index >= 15 is 0 Å². The van der Waals surface area contributed by atoms with Crippen LogP contribution in [0, 0.1) is 6.92 Å². The Bertz CT molecular complexity index is 394. The van der Waals surface area contributed by atoms with Crippen LogP contribution in [0.2, 0.25) is 0 Å². The minimum Gasteiger partial charge on any atom is -0.398 e. The molecule has 0 aliphatic carbocycles. The lowest BCUT2D eigenvalue weighted by Crippen LogP contribution is -2.23. The van der Waals surface area contributed by atoms with Crippen molar-refractivity contribution < 1.29 is 0 Å². The third-order valence-electron chi connectivity index (χ3n) is 3.06. The SMILES string of the molecule is Cc1ccc(C2=CCN(C)CC2)cc1N. The molecule has 1 heterocycles. The molecule has 0 aromatic heterocycles. The maximum absolute atomic E-state index is 5.92. The van der Waals surface area contributed by atoms with Gasteiger partial charge in [-0.3, -0.25) is 0 Å². The van der Waals surface area contributed by atoms with E-state index in [0.29, 0.717) is 0 Å². The smallest absolute Gasteiger partial charge is 0.0349 e. The number of hydrogen-bond acceptors (Lipinski definition) is 2. The molecule has 2 nitrogen and oxygen atoms in total. The van der Waals surface area contributed by atoms with Gasteiger partial charge in [-0.15, -0.1) is 0 Å². The summed E-state index contributed by atoms with van der Waals surface area (Å²) in [6, 6.07) is 6.36. The van der Waals surface area contributed by atoms with Gasteiger partial charge < -0.3 is 10.6 Å². The fourth-order valence-electron chi connectivity index (χ4n) is 1.87. The van der Waals surface area contributed by atoms with Gasteiger partial charge in [0.2, 0.25) is 0 Å². The van der Waals surface area contributed by atoms with E-state index in [1.165, 1.54) is 11.1 Å². The summed E-state index contributed by atoms with van der Waals surface area (Å²) < 4.78 is 0. The quantitative estimate of drug-likeness (QED) is 0.708. The van der Waals surface area contributed by atoms with Crippen molar-refractivity contribution in [2.24, 2.45) is 0 Å². The Balaban J connectivity index is 2.26. The Hall–Kier alpha value is -1.28. The zero-order chi connectivity index (χ0) is 10.8. The molecular weight excluding hydrogens is 184 g/mol. The molecule has 0 saturated heterocycles. The molecule has 0 fully saturated rings. The average molecular weight is 202 g/mol. The van der Waals surface area contributed by atoms with Crippen LogP contribution in [-0.4, -0.2) is 25.0 Å². The first-order valence-corrected chi connectivity index (χ1v) is 5.41.